The van der Waals surface area contributed by atoms with Gasteiger partial charge < -0.3 is 10.8 Å². The molecule has 1 aliphatic rings. The van der Waals surface area contributed by atoms with Gasteiger partial charge in [0.05, 0.1) is 12.1 Å². The van der Waals surface area contributed by atoms with Crippen molar-refractivity contribution in [2.45, 2.75) is 19.4 Å². The van der Waals surface area contributed by atoms with Gasteiger partial charge >= 0.3 is 5.97 Å². The summed E-state index contributed by atoms with van der Waals surface area (Å²) in [6, 6.07) is 0. The molecule has 0 amide bonds. The number of anilines is 1. The first-order chi connectivity index (χ1) is 7.99. The van der Waals surface area contributed by atoms with Crippen LogP contribution in [-0.4, -0.2) is 35.5 Å². The van der Waals surface area contributed by atoms with Crippen LogP contribution in [0.2, 0.25) is 0 Å². The van der Waals surface area contributed by atoms with E-state index < -0.39 is 12.4 Å². The van der Waals surface area contributed by atoms with Gasteiger partial charge in [-0.05, 0) is 12.0 Å². The lowest BCUT2D eigenvalue weighted by Crippen LogP contribution is -2.33. The molecule has 2 heterocycles. The number of nitrogen functional groups attached to an aromatic ring is 1. The van der Waals surface area contributed by atoms with Crippen LogP contribution in [0.1, 0.15) is 20.8 Å². The zero-order chi connectivity index (χ0) is 12.6. The standard InChI is InChI=1S/C10H12F2N2O2S/c11-7(12)4-14-2-1-5-6(3-14)17-9(13)8(5)10(15)16/h7H,1-4,13H2,(H,15,16). The monoisotopic (exact) mass is 262 g/mol. The van der Waals surface area contributed by atoms with E-state index in [0.29, 0.717) is 25.1 Å². The third-order valence-electron chi connectivity index (χ3n) is 2.77. The number of thiophene rings is 1. The van der Waals surface area contributed by atoms with E-state index in [0.717, 1.165) is 4.88 Å². The largest absolute Gasteiger partial charge is 0.478 e. The third-order valence-corrected chi connectivity index (χ3v) is 3.82. The highest BCUT2D eigenvalue weighted by atomic mass is 32.1. The molecule has 0 saturated heterocycles. The second-order valence-electron chi connectivity index (χ2n) is 3.92. The highest BCUT2D eigenvalue weighted by Gasteiger charge is 2.27. The lowest BCUT2D eigenvalue weighted by atomic mass is 10.0. The Morgan fingerprint density at radius 1 is 1.59 bits per heavy atom. The highest BCUT2D eigenvalue weighted by Crippen LogP contribution is 2.35. The molecule has 0 unspecified atom stereocenters. The van der Waals surface area contributed by atoms with E-state index in [2.05, 4.69) is 0 Å². The Morgan fingerprint density at radius 2 is 2.29 bits per heavy atom. The van der Waals surface area contributed by atoms with Crippen molar-refractivity contribution in [3.8, 4) is 0 Å². The molecule has 0 bridgehead atoms. The zero-order valence-electron chi connectivity index (χ0n) is 8.95. The number of nitrogens with zero attached hydrogens (tertiary/aromatic N) is 1. The summed E-state index contributed by atoms with van der Waals surface area (Å²) in [4.78, 5) is 13.4. The van der Waals surface area contributed by atoms with Gasteiger partial charge in [-0.25, -0.2) is 13.6 Å². The molecular formula is C10H12F2N2O2S. The second-order valence-corrected chi connectivity index (χ2v) is 5.06. The maximum Gasteiger partial charge on any atom is 0.338 e. The number of carboxylic acids is 1. The van der Waals surface area contributed by atoms with Crippen molar-refractivity contribution in [3.05, 3.63) is 16.0 Å². The summed E-state index contributed by atoms with van der Waals surface area (Å²) in [6.07, 6.45) is -1.90. The maximum atomic E-state index is 12.3. The van der Waals surface area contributed by atoms with Crippen LogP contribution < -0.4 is 5.73 Å². The summed E-state index contributed by atoms with van der Waals surface area (Å²) in [5.41, 5.74) is 6.51. The molecule has 0 aromatic carbocycles. The van der Waals surface area contributed by atoms with Gasteiger partial charge in [-0.15, -0.1) is 11.3 Å². The lowest BCUT2D eigenvalue weighted by Gasteiger charge is -2.26. The molecule has 3 N–H and O–H groups in total. The maximum absolute atomic E-state index is 12.3. The van der Waals surface area contributed by atoms with Crippen LogP contribution in [0.3, 0.4) is 0 Å². The van der Waals surface area contributed by atoms with Crippen molar-refractivity contribution >= 4 is 22.3 Å². The minimum absolute atomic E-state index is 0.154. The number of carbonyl (C=O) groups is 1. The summed E-state index contributed by atoms with van der Waals surface area (Å²) in [5, 5.41) is 9.28. The van der Waals surface area contributed by atoms with Crippen LogP contribution in [-0.2, 0) is 13.0 Å². The molecule has 0 radical (unpaired) electrons. The van der Waals surface area contributed by atoms with Crippen molar-refractivity contribution in [3.63, 3.8) is 0 Å². The van der Waals surface area contributed by atoms with E-state index in [1.807, 2.05) is 0 Å². The summed E-state index contributed by atoms with van der Waals surface area (Å²) >= 11 is 1.19. The number of rotatable bonds is 3. The van der Waals surface area contributed by atoms with Crippen molar-refractivity contribution < 1.29 is 18.7 Å². The molecule has 7 heteroatoms. The number of halogens is 2. The van der Waals surface area contributed by atoms with E-state index in [-0.39, 0.29) is 17.1 Å². The quantitative estimate of drug-likeness (QED) is 0.869. The Balaban J connectivity index is 2.23. The van der Waals surface area contributed by atoms with Gasteiger partial charge in [-0.3, -0.25) is 4.90 Å². The number of hydrogen-bond donors (Lipinski definition) is 2. The predicted octanol–water partition coefficient (Wildman–Crippen LogP) is 1.65. The Kier molecular flexibility index (Phi) is 3.30. The topological polar surface area (TPSA) is 66.6 Å². The first-order valence-electron chi connectivity index (χ1n) is 5.13. The van der Waals surface area contributed by atoms with Gasteiger partial charge in [-0.2, -0.15) is 0 Å². The SMILES string of the molecule is Nc1sc2c(c1C(=O)O)CCN(CC(F)F)C2. The second kappa shape index (κ2) is 4.58. The van der Waals surface area contributed by atoms with E-state index in [1.165, 1.54) is 11.3 Å². The molecule has 1 aromatic heterocycles. The summed E-state index contributed by atoms with van der Waals surface area (Å²) < 4.78 is 24.5. The van der Waals surface area contributed by atoms with Crippen LogP contribution in [0.15, 0.2) is 0 Å². The number of carboxylic acid groups (broad SMARTS) is 1. The van der Waals surface area contributed by atoms with Crippen molar-refractivity contribution in [2.24, 2.45) is 0 Å². The average Bonchev–Trinajstić information content (AvgIpc) is 2.51. The molecule has 0 atom stereocenters. The smallest absolute Gasteiger partial charge is 0.338 e. The van der Waals surface area contributed by atoms with Crippen LogP contribution in [0, 0.1) is 0 Å². The van der Waals surface area contributed by atoms with E-state index in [4.69, 9.17) is 10.8 Å². The average molecular weight is 262 g/mol. The molecule has 0 aliphatic carbocycles. The van der Waals surface area contributed by atoms with Gasteiger partial charge in [0.25, 0.3) is 6.43 Å². The number of aromatic carboxylic acids is 1. The van der Waals surface area contributed by atoms with E-state index in [9.17, 15) is 13.6 Å². The number of fused-ring (bicyclic) bond motifs is 1. The predicted molar refractivity (Wildman–Crippen MR) is 60.7 cm³/mol. The van der Waals surface area contributed by atoms with E-state index in [1.54, 1.807) is 4.90 Å². The molecular weight excluding hydrogens is 250 g/mol. The van der Waals surface area contributed by atoms with Gasteiger partial charge in [0.1, 0.15) is 5.00 Å². The Hall–Kier alpha value is -1.21. The summed E-state index contributed by atoms with van der Waals surface area (Å²) in [5.74, 6) is -1.04. The highest BCUT2D eigenvalue weighted by molar-refractivity contribution is 7.16. The van der Waals surface area contributed by atoms with Crippen LogP contribution >= 0.6 is 11.3 Å². The molecule has 17 heavy (non-hydrogen) atoms. The molecule has 4 nitrogen and oxygen atoms in total. The molecule has 1 aromatic rings. The number of alkyl halides is 2. The van der Waals surface area contributed by atoms with Gasteiger partial charge in [0.15, 0.2) is 0 Å². The molecule has 2 rings (SSSR count). The molecule has 1 aliphatic heterocycles. The third kappa shape index (κ3) is 2.39. The molecule has 0 saturated carbocycles. The minimum atomic E-state index is -2.37. The zero-order valence-corrected chi connectivity index (χ0v) is 9.77. The first kappa shape index (κ1) is 12.3. The fraction of sp³-hybridized carbons (Fsp3) is 0.500. The fourth-order valence-electron chi connectivity index (χ4n) is 2.06. The normalized spacial score (nSPS) is 16.2. The molecule has 0 spiro atoms. The van der Waals surface area contributed by atoms with Crippen LogP contribution in [0.4, 0.5) is 13.8 Å². The van der Waals surface area contributed by atoms with Gasteiger partial charge in [-0.1, -0.05) is 0 Å². The van der Waals surface area contributed by atoms with Crippen molar-refractivity contribution in [1.82, 2.24) is 4.90 Å². The first-order valence-corrected chi connectivity index (χ1v) is 5.94. The Bertz CT molecular complexity index is 448. The molecule has 94 valence electrons. The van der Waals surface area contributed by atoms with Crippen molar-refractivity contribution in [2.75, 3.05) is 18.8 Å². The lowest BCUT2D eigenvalue weighted by molar-refractivity contribution is 0.0690. The fourth-order valence-corrected chi connectivity index (χ4v) is 3.22. The van der Waals surface area contributed by atoms with Crippen LogP contribution in [0.5, 0.6) is 0 Å². The van der Waals surface area contributed by atoms with Gasteiger partial charge in [0, 0.05) is 18.0 Å². The summed E-state index contributed by atoms with van der Waals surface area (Å²) in [7, 11) is 0. The van der Waals surface area contributed by atoms with Crippen molar-refractivity contribution in [1.29, 1.82) is 0 Å². The minimum Gasteiger partial charge on any atom is -0.478 e. The summed E-state index contributed by atoms with van der Waals surface area (Å²) in [6.45, 7) is 0.537. The molecule has 0 fully saturated rings. The van der Waals surface area contributed by atoms with Gasteiger partial charge in [0.2, 0.25) is 0 Å². The number of nitrogens with two attached hydrogens (primary N) is 1. The Labute approximate surface area is 101 Å². The Morgan fingerprint density at radius 3 is 2.88 bits per heavy atom. The van der Waals surface area contributed by atoms with Crippen LogP contribution in [0.25, 0.3) is 0 Å². The number of hydrogen-bond acceptors (Lipinski definition) is 4. The van der Waals surface area contributed by atoms with E-state index >= 15 is 0 Å².